The minimum absolute atomic E-state index is 0.130. The van der Waals surface area contributed by atoms with Crippen LogP contribution in [0.15, 0.2) is 42.5 Å². The third-order valence-electron chi connectivity index (χ3n) is 5.05. The van der Waals surface area contributed by atoms with E-state index < -0.39 is 0 Å². The average Bonchev–Trinajstić information content (AvgIpc) is 3.03. The van der Waals surface area contributed by atoms with E-state index in [1.54, 1.807) is 0 Å². The zero-order valence-corrected chi connectivity index (χ0v) is 14.9. The lowest BCUT2D eigenvalue weighted by molar-refractivity contribution is 0.425. The highest BCUT2D eigenvalue weighted by molar-refractivity contribution is 6.42. The molecule has 0 radical (unpaired) electrons. The van der Waals surface area contributed by atoms with Crippen LogP contribution in [-0.4, -0.2) is 0 Å². The first kappa shape index (κ1) is 15.4. The van der Waals surface area contributed by atoms with Crippen molar-refractivity contribution in [1.82, 2.24) is 0 Å². The maximum Gasteiger partial charge on any atom is 0.0645 e. The molecule has 2 aliphatic rings. The first-order valence-corrected chi connectivity index (χ1v) is 8.87. The Labute approximate surface area is 151 Å². The molecule has 23 heavy (non-hydrogen) atoms. The highest BCUT2D eigenvalue weighted by atomic mass is 35.5. The van der Waals surface area contributed by atoms with Crippen molar-refractivity contribution in [3.63, 3.8) is 0 Å². The molecule has 4 rings (SSSR count). The molecule has 3 atom stereocenters. The molecular weight excluding hydrogens is 349 g/mol. The Bertz CT molecular complexity index is 813. The second-order valence-electron chi connectivity index (χ2n) is 6.26. The zero-order chi connectivity index (χ0) is 16.1. The lowest BCUT2D eigenvalue weighted by atomic mass is 9.76. The second kappa shape index (κ2) is 5.73. The summed E-state index contributed by atoms with van der Waals surface area (Å²) < 4.78 is 0. The van der Waals surface area contributed by atoms with E-state index in [1.807, 2.05) is 18.2 Å². The summed E-state index contributed by atoms with van der Waals surface area (Å²) in [5.74, 6) is 0.835. The molecule has 0 spiro atoms. The largest absolute Gasteiger partial charge is 0.377 e. The predicted octanol–water partition coefficient (Wildman–Crippen LogP) is 6.78. The van der Waals surface area contributed by atoms with Gasteiger partial charge in [-0.15, -0.1) is 0 Å². The highest BCUT2D eigenvalue weighted by Crippen LogP contribution is 2.52. The molecular formula is C19H16Cl3N. The predicted molar refractivity (Wildman–Crippen MR) is 99.0 cm³/mol. The summed E-state index contributed by atoms with van der Waals surface area (Å²) >= 11 is 19.1. The maximum absolute atomic E-state index is 6.50. The molecule has 0 aromatic heterocycles. The Hall–Kier alpha value is -1.15. The van der Waals surface area contributed by atoms with E-state index >= 15 is 0 Å². The third-order valence-corrected chi connectivity index (χ3v) is 6.29. The van der Waals surface area contributed by atoms with Crippen molar-refractivity contribution >= 4 is 40.5 Å². The van der Waals surface area contributed by atoms with Gasteiger partial charge in [-0.3, -0.25) is 0 Å². The van der Waals surface area contributed by atoms with Crippen LogP contribution in [0.25, 0.3) is 0 Å². The number of allylic oxidation sites excluding steroid dienone is 2. The van der Waals surface area contributed by atoms with Gasteiger partial charge in [0.05, 0.1) is 16.1 Å². The number of fused-ring (bicyclic) bond motifs is 3. The first-order chi connectivity index (χ1) is 11.1. The molecule has 1 heterocycles. The van der Waals surface area contributed by atoms with Gasteiger partial charge in [-0.1, -0.05) is 65.2 Å². The van der Waals surface area contributed by atoms with E-state index in [9.17, 15) is 0 Å². The van der Waals surface area contributed by atoms with Crippen LogP contribution < -0.4 is 5.32 Å². The van der Waals surface area contributed by atoms with E-state index in [2.05, 4.69) is 36.5 Å². The van der Waals surface area contributed by atoms with Gasteiger partial charge in [0, 0.05) is 16.6 Å². The molecule has 0 amide bonds. The van der Waals surface area contributed by atoms with Gasteiger partial charge in [0.15, 0.2) is 0 Å². The molecule has 1 aliphatic heterocycles. The fourth-order valence-corrected chi connectivity index (χ4v) is 4.44. The average molecular weight is 365 g/mol. The van der Waals surface area contributed by atoms with Crippen molar-refractivity contribution in [2.75, 3.05) is 5.32 Å². The molecule has 2 aromatic rings. The summed E-state index contributed by atoms with van der Waals surface area (Å²) in [6.07, 6.45) is 5.61. The fourth-order valence-electron chi connectivity index (χ4n) is 3.86. The van der Waals surface area contributed by atoms with Gasteiger partial charge in [-0.2, -0.15) is 0 Å². The number of rotatable bonds is 1. The number of nitrogens with one attached hydrogen (secondary N) is 1. The van der Waals surface area contributed by atoms with Crippen LogP contribution in [0.1, 0.15) is 35.1 Å². The molecule has 0 bridgehead atoms. The van der Waals surface area contributed by atoms with Crippen molar-refractivity contribution in [3.05, 3.63) is 74.2 Å². The minimum Gasteiger partial charge on any atom is -0.377 e. The lowest BCUT2D eigenvalue weighted by Gasteiger charge is -2.39. The first-order valence-electron chi connectivity index (χ1n) is 7.74. The number of benzene rings is 2. The minimum atomic E-state index is 0.130. The number of halogens is 3. The topological polar surface area (TPSA) is 12.0 Å². The van der Waals surface area contributed by atoms with E-state index in [1.165, 1.54) is 5.56 Å². The van der Waals surface area contributed by atoms with E-state index in [0.29, 0.717) is 21.9 Å². The summed E-state index contributed by atoms with van der Waals surface area (Å²) in [6.45, 7) is 2.06. The van der Waals surface area contributed by atoms with Crippen molar-refractivity contribution in [3.8, 4) is 0 Å². The zero-order valence-electron chi connectivity index (χ0n) is 12.6. The molecule has 118 valence electrons. The van der Waals surface area contributed by atoms with Crippen LogP contribution in [0, 0.1) is 12.8 Å². The van der Waals surface area contributed by atoms with Gasteiger partial charge in [0.25, 0.3) is 0 Å². The quantitative estimate of drug-likeness (QED) is 0.550. The van der Waals surface area contributed by atoms with Gasteiger partial charge < -0.3 is 5.32 Å². The molecule has 1 nitrogen and oxygen atoms in total. The van der Waals surface area contributed by atoms with Gasteiger partial charge in [-0.25, -0.2) is 0 Å². The molecule has 0 saturated carbocycles. The molecule has 1 N–H and O–H groups in total. The van der Waals surface area contributed by atoms with Crippen molar-refractivity contribution in [1.29, 1.82) is 0 Å². The van der Waals surface area contributed by atoms with Gasteiger partial charge in [0.2, 0.25) is 0 Å². The SMILES string of the molecule is Cc1c(Cl)ccc2c1N[C@H](c1cccc(Cl)c1Cl)[C@@H]1CC=C[C@@H]21. The molecule has 2 aromatic carbocycles. The van der Waals surface area contributed by atoms with Crippen LogP contribution in [0.4, 0.5) is 5.69 Å². The van der Waals surface area contributed by atoms with Crippen LogP contribution in [0.3, 0.4) is 0 Å². The maximum atomic E-state index is 6.50. The Morgan fingerprint density at radius 3 is 2.65 bits per heavy atom. The lowest BCUT2D eigenvalue weighted by Crippen LogP contribution is -2.29. The number of anilines is 1. The van der Waals surface area contributed by atoms with Crippen molar-refractivity contribution in [2.45, 2.75) is 25.3 Å². The number of hydrogen-bond acceptors (Lipinski definition) is 1. The summed E-state index contributed by atoms with van der Waals surface area (Å²) in [6, 6.07) is 10.1. The summed E-state index contributed by atoms with van der Waals surface area (Å²) in [5, 5.41) is 5.72. The van der Waals surface area contributed by atoms with E-state index in [0.717, 1.165) is 28.3 Å². The van der Waals surface area contributed by atoms with Crippen LogP contribution in [0.5, 0.6) is 0 Å². The summed E-state index contributed by atoms with van der Waals surface area (Å²) in [5.41, 5.74) is 4.60. The summed E-state index contributed by atoms with van der Waals surface area (Å²) in [4.78, 5) is 0. The van der Waals surface area contributed by atoms with Crippen molar-refractivity contribution < 1.29 is 0 Å². The van der Waals surface area contributed by atoms with Crippen LogP contribution >= 0.6 is 34.8 Å². The van der Waals surface area contributed by atoms with E-state index in [4.69, 9.17) is 34.8 Å². The van der Waals surface area contributed by atoms with Crippen LogP contribution in [0.2, 0.25) is 15.1 Å². The van der Waals surface area contributed by atoms with Crippen molar-refractivity contribution in [2.24, 2.45) is 5.92 Å². The Morgan fingerprint density at radius 2 is 1.83 bits per heavy atom. The van der Waals surface area contributed by atoms with Gasteiger partial charge in [-0.05, 0) is 48.1 Å². The standard InChI is InChI=1S/C19H16Cl3N/c1-10-15(20)9-8-13-11-4-2-5-12(11)19(23-18(10)13)14-6-3-7-16(21)17(14)22/h2-4,6-9,11-12,19,23H,5H2,1H3/t11-,12-,19+/m1/s1. The fraction of sp³-hybridized carbons (Fsp3) is 0.263. The second-order valence-corrected chi connectivity index (χ2v) is 7.45. The molecule has 4 heteroatoms. The number of hydrogen-bond donors (Lipinski definition) is 1. The Balaban J connectivity index is 1.87. The molecule has 1 aliphatic carbocycles. The van der Waals surface area contributed by atoms with Gasteiger partial charge >= 0.3 is 0 Å². The van der Waals surface area contributed by atoms with E-state index in [-0.39, 0.29) is 6.04 Å². The van der Waals surface area contributed by atoms with Crippen LogP contribution in [-0.2, 0) is 0 Å². The Morgan fingerprint density at radius 1 is 1.00 bits per heavy atom. The summed E-state index contributed by atoms with van der Waals surface area (Å²) in [7, 11) is 0. The normalized spacial score (nSPS) is 25.0. The molecule has 0 fully saturated rings. The van der Waals surface area contributed by atoms with Gasteiger partial charge in [0.1, 0.15) is 0 Å². The Kier molecular flexibility index (Phi) is 3.84. The molecule has 0 saturated heterocycles. The monoisotopic (exact) mass is 363 g/mol. The third kappa shape index (κ3) is 2.38. The molecule has 0 unspecified atom stereocenters. The smallest absolute Gasteiger partial charge is 0.0645 e. The highest BCUT2D eigenvalue weighted by Gasteiger charge is 2.39.